The second-order valence-electron chi connectivity index (χ2n) is 4.07. The first kappa shape index (κ1) is 12.2. The van der Waals surface area contributed by atoms with Crippen molar-refractivity contribution in [2.24, 2.45) is 0 Å². The molecule has 1 aromatic carbocycles. The number of ether oxygens (including phenoxy) is 1. The normalized spacial score (nSPS) is 10.1. The van der Waals surface area contributed by atoms with E-state index in [1.807, 2.05) is 43.1 Å². The molecule has 0 aliphatic heterocycles. The Kier molecular flexibility index (Phi) is 3.33. The summed E-state index contributed by atoms with van der Waals surface area (Å²) in [5.41, 5.74) is 3.51. The SMILES string of the molecule is CCn1cc(-c2cc(C)c(OC)c(C#N)c2)cn1. The van der Waals surface area contributed by atoms with Gasteiger partial charge in [0.1, 0.15) is 11.8 Å². The molecule has 92 valence electrons. The minimum Gasteiger partial charge on any atom is -0.495 e. The molecular weight excluding hydrogens is 226 g/mol. The zero-order valence-electron chi connectivity index (χ0n) is 10.8. The second kappa shape index (κ2) is 4.92. The molecule has 1 aromatic heterocycles. The van der Waals surface area contributed by atoms with Gasteiger partial charge in [0.15, 0.2) is 0 Å². The smallest absolute Gasteiger partial charge is 0.139 e. The summed E-state index contributed by atoms with van der Waals surface area (Å²) >= 11 is 0. The van der Waals surface area contributed by atoms with Gasteiger partial charge >= 0.3 is 0 Å². The number of hydrogen-bond acceptors (Lipinski definition) is 3. The van der Waals surface area contributed by atoms with E-state index in [0.29, 0.717) is 11.3 Å². The number of aryl methyl sites for hydroxylation is 2. The van der Waals surface area contributed by atoms with E-state index in [4.69, 9.17) is 10.00 Å². The van der Waals surface area contributed by atoms with Crippen LogP contribution in [0.4, 0.5) is 0 Å². The monoisotopic (exact) mass is 241 g/mol. The van der Waals surface area contributed by atoms with Crippen LogP contribution in [0.15, 0.2) is 24.5 Å². The first-order valence-corrected chi connectivity index (χ1v) is 5.81. The van der Waals surface area contributed by atoms with Gasteiger partial charge < -0.3 is 4.74 Å². The molecule has 0 unspecified atom stereocenters. The van der Waals surface area contributed by atoms with E-state index in [-0.39, 0.29) is 0 Å². The lowest BCUT2D eigenvalue weighted by Gasteiger charge is -2.08. The fraction of sp³-hybridized carbons (Fsp3) is 0.286. The second-order valence-corrected chi connectivity index (χ2v) is 4.07. The maximum atomic E-state index is 9.15. The highest BCUT2D eigenvalue weighted by atomic mass is 16.5. The molecule has 0 bridgehead atoms. The molecule has 0 saturated carbocycles. The van der Waals surface area contributed by atoms with Crippen LogP contribution in [0.2, 0.25) is 0 Å². The average molecular weight is 241 g/mol. The van der Waals surface area contributed by atoms with E-state index in [9.17, 15) is 0 Å². The van der Waals surface area contributed by atoms with Gasteiger partial charge in [-0.15, -0.1) is 0 Å². The molecule has 0 saturated heterocycles. The van der Waals surface area contributed by atoms with Gasteiger partial charge in [-0.1, -0.05) is 0 Å². The molecule has 0 spiro atoms. The Hall–Kier alpha value is -2.28. The third-order valence-corrected chi connectivity index (χ3v) is 2.89. The van der Waals surface area contributed by atoms with E-state index in [2.05, 4.69) is 11.2 Å². The Morgan fingerprint density at radius 1 is 1.39 bits per heavy atom. The fourth-order valence-electron chi connectivity index (χ4n) is 1.98. The van der Waals surface area contributed by atoms with Crippen LogP contribution in [0.5, 0.6) is 5.75 Å². The molecule has 0 amide bonds. The van der Waals surface area contributed by atoms with Crippen molar-refractivity contribution in [2.75, 3.05) is 7.11 Å². The molecule has 0 radical (unpaired) electrons. The van der Waals surface area contributed by atoms with E-state index in [1.165, 1.54) is 0 Å². The molecule has 0 N–H and O–H groups in total. The maximum absolute atomic E-state index is 9.15. The van der Waals surface area contributed by atoms with Crippen molar-refractivity contribution in [1.82, 2.24) is 9.78 Å². The Balaban J connectivity index is 2.53. The largest absolute Gasteiger partial charge is 0.495 e. The number of nitrogens with zero attached hydrogens (tertiary/aromatic N) is 3. The molecule has 18 heavy (non-hydrogen) atoms. The molecule has 0 atom stereocenters. The van der Waals surface area contributed by atoms with Crippen molar-refractivity contribution >= 4 is 0 Å². The van der Waals surface area contributed by atoms with Gasteiger partial charge in [-0.2, -0.15) is 10.4 Å². The number of benzene rings is 1. The van der Waals surface area contributed by atoms with Gasteiger partial charge in [-0.25, -0.2) is 0 Å². The molecule has 0 aliphatic rings. The van der Waals surface area contributed by atoms with Crippen LogP contribution >= 0.6 is 0 Å². The third kappa shape index (κ3) is 2.07. The summed E-state index contributed by atoms with van der Waals surface area (Å²) in [5, 5.41) is 13.4. The number of aromatic nitrogens is 2. The molecule has 2 rings (SSSR count). The molecule has 4 nitrogen and oxygen atoms in total. The summed E-state index contributed by atoms with van der Waals surface area (Å²) in [6.07, 6.45) is 3.79. The summed E-state index contributed by atoms with van der Waals surface area (Å²) in [6, 6.07) is 6.01. The molecule has 2 aromatic rings. The predicted octanol–water partition coefficient (Wildman–Crippen LogP) is 2.76. The number of nitriles is 1. The van der Waals surface area contributed by atoms with E-state index < -0.39 is 0 Å². The Morgan fingerprint density at radius 3 is 2.72 bits per heavy atom. The van der Waals surface area contributed by atoms with Gasteiger partial charge in [0.05, 0.1) is 18.9 Å². The van der Waals surface area contributed by atoms with Crippen LogP contribution in [-0.4, -0.2) is 16.9 Å². The van der Waals surface area contributed by atoms with Crippen LogP contribution in [-0.2, 0) is 6.54 Å². The number of hydrogen-bond donors (Lipinski definition) is 0. The lowest BCUT2D eigenvalue weighted by molar-refractivity contribution is 0.410. The maximum Gasteiger partial charge on any atom is 0.139 e. The first-order chi connectivity index (χ1) is 8.69. The summed E-state index contributed by atoms with van der Waals surface area (Å²) in [4.78, 5) is 0. The van der Waals surface area contributed by atoms with Crippen LogP contribution in [0.3, 0.4) is 0 Å². The van der Waals surface area contributed by atoms with Crippen molar-refractivity contribution in [1.29, 1.82) is 5.26 Å². The zero-order chi connectivity index (χ0) is 13.1. The topological polar surface area (TPSA) is 50.8 Å². The molecular formula is C14H15N3O. The first-order valence-electron chi connectivity index (χ1n) is 5.81. The lowest BCUT2D eigenvalue weighted by Crippen LogP contribution is -1.93. The predicted molar refractivity (Wildman–Crippen MR) is 69.3 cm³/mol. The van der Waals surface area contributed by atoms with E-state index in [1.54, 1.807) is 7.11 Å². The Morgan fingerprint density at radius 2 is 2.17 bits per heavy atom. The van der Waals surface area contributed by atoms with Crippen LogP contribution in [0.25, 0.3) is 11.1 Å². The summed E-state index contributed by atoms with van der Waals surface area (Å²) < 4.78 is 7.10. The van der Waals surface area contributed by atoms with E-state index in [0.717, 1.165) is 23.2 Å². The highest BCUT2D eigenvalue weighted by molar-refractivity contribution is 5.68. The number of methoxy groups -OCH3 is 1. The van der Waals surface area contributed by atoms with Crippen molar-refractivity contribution in [2.45, 2.75) is 20.4 Å². The summed E-state index contributed by atoms with van der Waals surface area (Å²) in [5.74, 6) is 0.643. The number of rotatable bonds is 3. The lowest BCUT2D eigenvalue weighted by atomic mass is 10.0. The van der Waals surface area contributed by atoms with Crippen molar-refractivity contribution in [3.63, 3.8) is 0 Å². The quantitative estimate of drug-likeness (QED) is 0.830. The van der Waals surface area contributed by atoms with Crippen molar-refractivity contribution < 1.29 is 4.74 Å². The molecule has 0 fully saturated rings. The minimum atomic E-state index is 0.553. The van der Waals surface area contributed by atoms with Crippen LogP contribution in [0.1, 0.15) is 18.1 Å². The minimum absolute atomic E-state index is 0.553. The van der Waals surface area contributed by atoms with Crippen LogP contribution < -0.4 is 4.74 Å². The Bertz CT molecular complexity index is 608. The van der Waals surface area contributed by atoms with Gasteiger partial charge in [0.2, 0.25) is 0 Å². The van der Waals surface area contributed by atoms with Gasteiger partial charge in [-0.3, -0.25) is 4.68 Å². The zero-order valence-corrected chi connectivity index (χ0v) is 10.8. The summed E-state index contributed by atoms with van der Waals surface area (Å²) in [6.45, 7) is 4.81. The molecule has 4 heteroatoms. The average Bonchev–Trinajstić information content (AvgIpc) is 2.86. The van der Waals surface area contributed by atoms with Gasteiger partial charge in [-0.05, 0) is 37.1 Å². The highest BCUT2D eigenvalue weighted by Crippen LogP contribution is 2.29. The Labute approximate surface area is 106 Å². The highest BCUT2D eigenvalue weighted by Gasteiger charge is 2.10. The molecule has 0 aliphatic carbocycles. The standard InChI is InChI=1S/C14H15N3O/c1-4-17-9-13(8-16-17)11-5-10(2)14(18-3)12(6-11)7-15/h5-6,8-9H,4H2,1-3H3. The third-order valence-electron chi connectivity index (χ3n) is 2.89. The summed E-state index contributed by atoms with van der Waals surface area (Å²) in [7, 11) is 1.58. The van der Waals surface area contributed by atoms with Crippen molar-refractivity contribution in [3.05, 3.63) is 35.7 Å². The van der Waals surface area contributed by atoms with E-state index >= 15 is 0 Å². The van der Waals surface area contributed by atoms with Gasteiger partial charge in [0, 0.05) is 18.3 Å². The van der Waals surface area contributed by atoms with Crippen molar-refractivity contribution in [3.8, 4) is 22.9 Å². The van der Waals surface area contributed by atoms with Crippen LogP contribution in [0, 0.1) is 18.3 Å². The molecule has 1 heterocycles. The fourth-order valence-corrected chi connectivity index (χ4v) is 1.98. The van der Waals surface area contributed by atoms with Gasteiger partial charge in [0.25, 0.3) is 0 Å².